The van der Waals surface area contributed by atoms with Crippen molar-refractivity contribution in [3.05, 3.63) is 21.9 Å². The summed E-state index contributed by atoms with van der Waals surface area (Å²) in [4.78, 5) is 12.0. The number of aryl methyl sites for hydroxylation is 1. The van der Waals surface area contributed by atoms with Crippen molar-refractivity contribution in [2.45, 2.75) is 26.2 Å². The third-order valence-electron chi connectivity index (χ3n) is 1.60. The highest BCUT2D eigenvalue weighted by Gasteiger charge is 2.19. The Hall–Kier alpha value is -0.770. The normalized spacial score (nSPS) is 10.8. The molecule has 13 heavy (non-hydrogen) atoms. The fraction of sp³-hybridized carbons (Fsp3) is 0.444. The fourth-order valence-corrected chi connectivity index (χ4v) is 2.05. The van der Waals surface area contributed by atoms with Crippen LogP contribution in [0.25, 0.3) is 0 Å². The number of halogens is 2. The number of hydrogen-bond donors (Lipinski definition) is 0. The van der Waals surface area contributed by atoms with Crippen molar-refractivity contribution in [2.75, 3.05) is 0 Å². The van der Waals surface area contributed by atoms with Crippen molar-refractivity contribution < 1.29 is 13.6 Å². The Morgan fingerprint density at radius 3 is 2.77 bits per heavy atom. The van der Waals surface area contributed by atoms with E-state index in [0.29, 0.717) is 0 Å². The van der Waals surface area contributed by atoms with Gasteiger partial charge in [-0.3, -0.25) is 4.79 Å². The van der Waals surface area contributed by atoms with Crippen LogP contribution in [0.3, 0.4) is 0 Å². The number of Topliss-reactive ketones (excluding diaryl/α,β-unsaturated/α-hetero) is 1. The first kappa shape index (κ1) is 10.3. The summed E-state index contributed by atoms with van der Waals surface area (Å²) in [5.74, 6) is -1.06. The molecule has 0 radical (unpaired) electrons. The second kappa shape index (κ2) is 4.46. The molecule has 0 N–H and O–H groups in total. The van der Waals surface area contributed by atoms with Crippen LogP contribution in [0, 0.1) is 0 Å². The third-order valence-corrected chi connectivity index (χ3v) is 2.76. The molecule has 1 nitrogen and oxygen atoms in total. The maximum absolute atomic E-state index is 12.0. The predicted molar refractivity (Wildman–Crippen MR) is 48.6 cm³/mol. The van der Waals surface area contributed by atoms with Crippen LogP contribution in [0.1, 0.15) is 27.9 Å². The van der Waals surface area contributed by atoms with Gasteiger partial charge in [-0.2, -0.15) is 0 Å². The van der Waals surface area contributed by atoms with Gasteiger partial charge >= 0.3 is 6.43 Å². The summed E-state index contributed by atoms with van der Waals surface area (Å²) in [5, 5.41) is 0. The molecule has 0 saturated carbocycles. The summed E-state index contributed by atoms with van der Waals surface area (Å²) in [7, 11) is 0. The van der Waals surface area contributed by atoms with Crippen molar-refractivity contribution in [3.8, 4) is 0 Å². The van der Waals surface area contributed by atoms with Crippen molar-refractivity contribution in [2.24, 2.45) is 0 Å². The summed E-state index contributed by atoms with van der Waals surface area (Å²) in [5.41, 5.74) is 0. The Balaban J connectivity index is 2.73. The summed E-state index contributed by atoms with van der Waals surface area (Å²) in [6.45, 7) is 2.01. The molecule has 4 heteroatoms. The topological polar surface area (TPSA) is 17.1 Å². The van der Waals surface area contributed by atoms with Gasteiger partial charge in [0.25, 0.3) is 0 Å². The highest BCUT2D eigenvalue weighted by molar-refractivity contribution is 7.14. The van der Waals surface area contributed by atoms with E-state index in [1.807, 2.05) is 6.92 Å². The molecule has 0 spiro atoms. The van der Waals surface area contributed by atoms with Gasteiger partial charge < -0.3 is 0 Å². The van der Waals surface area contributed by atoms with Gasteiger partial charge in [-0.05, 0) is 18.6 Å². The molecular formula is C9H10F2OS. The zero-order valence-corrected chi connectivity index (χ0v) is 8.04. The van der Waals surface area contributed by atoms with Gasteiger partial charge in [0.2, 0.25) is 5.78 Å². The highest BCUT2D eigenvalue weighted by Crippen LogP contribution is 2.20. The number of ketones is 1. The lowest BCUT2D eigenvalue weighted by Gasteiger charge is -1.93. The Bertz CT molecular complexity index is 294. The number of carbonyl (C=O) groups is 1. The molecule has 0 atom stereocenters. The maximum Gasteiger partial charge on any atom is 0.301 e. The SMILES string of the molecule is CCCc1ccc(C(=O)C(F)F)s1. The van der Waals surface area contributed by atoms with E-state index in [1.54, 1.807) is 6.07 Å². The predicted octanol–water partition coefficient (Wildman–Crippen LogP) is 3.15. The average molecular weight is 204 g/mol. The van der Waals surface area contributed by atoms with E-state index in [1.165, 1.54) is 6.07 Å². The van der Waals surface area contributed by atoms with Crippen LogP contribution in [-0.4, -0.2) is 12.2 Å². The summed E-state index contributed by atoms with van der Waals surface area (Å²) in [6, 6.07) is 3.22. The van der Waals surface area contributed by atoms with Crippen LogP contribution in [0.5, 0.6) is 0 Å². The van der Waals surface area contributed by atoms with Crippen molar-refractivity contribution in [3.63, 3.8) is 0 Å². The van der Waals surface area contributed by atoms with E-state index in [0.717, 1.165) is 29.1 Å². The van der Waals surface area contributed by atoms with Crippen molar-refractivity contribution in [1.29, 1.82) is 0 Å². The minimum absolute atomic E-state index is 0.165. The molecule has 0 unspecified atom stereocenters. The lowest BCUT2D eigenvalue weighted by atomic mass is 10.3. The van der Waals surface area contributed by atoms with Crippen LogP contribution < -0.4 is 0 Å². The zero-order valence-electron chi connectivity index (χ0n) is 7.22. The van der Waals surface area contributed by atoms with Gasteiger partial charge in [-0.15, -0.1) is 11.3 Å². The maximum atomic E-state index is 12.0. The van der Waals surface area contributed by atoms with E-state index < -0.39 is 12.2 Å². The highest BCUT2D eigenvalue weighted by atomic mass is 32.1. The number of rotatable bonds is 4. The largest absolute Gasteiger partial charge is 0.301 e. The molecule has 1 aromatic heterocycles. The number of hydrogen-bond acceptors (Lipinski definition) is 2. The summed E-state index contributed by atoms with van der Waals surface area (Å²) < 4.78 is 23.9. The van der Waals surface area contributed by atoms with E-state index in [4.69, 9.17) is 0 Å². The molecule has 0 aliphatic rings. The number of carbonyl (C=O) groups excluding carboxylic acids is 1. The van der Waals surface area contributed by atoms with Gasteiger partial charge in [-0.25, -0.2) is 8.78 Å². The van der Waals surface area contributed by atoms with E-state index in [2.05, 4.69) is 0 Å². The van der Waals surface area contributed by atoms with Crippen LogP contribution in [-0.2, 0) is 6.42 Å². The molecule has 0 bridgehead atoms. The third kappa shape index (κ3) is 2.59. The minimum Gasteiger partial charge on any atom is -0.287 e. The van der Waals surface area contributed by atoms with E-state index in [-0.39, 0.29) is 4.88 Å². The molecule has 1 aromatic rings. The van der Waals surface area contributed by atoms with Gasteiger partial charge in [0.05, 0.1) is 4.88 Å². The van der Waals surface area contributed by atoms with Crippen LogP contribution in [0.2, 0.25) is 0 Å². The van der Waals surface area contributed by atoms with E-state index in [9.17, 15) is 13.6 Å². The van der Waals surface area contributed by atoms with Gasteiger partial charge in [0.15, 0.2) is 0 Å². The van der Waals surface area contributed by atoms with Crippen LogP contribution in [0.4, 0.5) is 8.78 Å². The molecule has 0 fully saturated rings. The second-order valence-electron chi connectivity index (χ2n) is 2.68. The molecule has 0 saturated heterocycles. The Morgan fingerprint density at radius 1 is 1.54 bits per heavy atom. The molecule has 0 amide bonds. The standard InChI is InChI=1S/C9H10F2OS/c1-2-3-6-4-5-7(13-6)8(12)9(10)11/h4-5,9H,2-3H2,1H3. The smallest absolute Gasteiger partial charge is 0.287 e. The van der Waals surface area contributed by atoms with Gasteiger partial charge in [0, 0.05) is 4.88 Å². The lowest BCUT2D eigenvalue weighted by molar-refractivity contribution is 0.0683. The van der Waals surface area contributed by atoms with Crippen LogP contribution >= 0.6 is 11.3 Å². The average Bonchev–Trinajstić information content (AvgIpc) is 2.52. The van der Waals surface area contributed by atoms with Crippen molar-refractivity contribution >= 4 is 17.1 Å². The molecule has 1 heterocycles. The molecule has 72 valence electrons. The summed E-state index contributed by atoms with van der Waals surface area (Å²) >= 11 is 1.16. The molecule has 0 aromatic carbocycles. The first-order valence-corrected chi connectivity index (χ1v) is 4.88. The zero-order chi connectivity index (χ0) is 9.84. The second-order valence-corrected chi connectivity index (χ2v) is 3.85. The Labute approximate surface area is 79.4 Å². The van der Waals surface area contributed by atoms with Gasteiger partial charge in [-0.1, -0.05) is 13.3 Å². The Kier molecular flexibility index (Phi) is 3.54. The minimum atomic E-state index is -2.88. The van der Waals surface area contributed by atoms with Crippen molar-refractivity contribution in [1.82, 2.24) is 0 Å². The first-order chi connectivity index (χ1) is 6.15. The van der Waals surface area contributed by atoms with Gasteiger partial charge in [0.1, 0.15) is 0 Å². The quantitative estimate of drug-likeness (QED) is 0.688. The Morgan fingerprint density at radius 2 is 2.23 bits per heavy atom. The molecule has 0 aliphatic carbocycles. The lowest BCUT2D eigenvalue weighted by Crippen LogP contribution is -2.07. The molecule has 0 aliphatic heterocycles. The monoisotopic (exact) mass is 204 g/mol. The summed E-state index contributed by atoms with van der Waals surface area (Å²) in [6.07, 6.45) is -1.07. The molecular weight excluding hydrogens is 194 g/mol. The number of thiophene rings is 1. The molecule has 1 rings (SSSR count). The number of alkyl halides is 2. The van der Waals surface area contributed by atoms with Crippen LogP contribution in [0.15, 0.2) is 12.1 Å². The first-order valence-electron chi connectivity index (χ1n) is 4.06. The fourth-order valence-electron chi connectivity index (χ4n) is 0.999. The van der Waals surface area contributed by atoms with E-state index >= 15 is 0 Å².